The van der Waals surface area contributed by atoms with Gasteiger partial charge in [0, 0.05) is 6.61 Å². The van der Waals surface area contributed by atoms with Gasteiger partial charge in [-0.3, -0.25) is 19.8 Å². The number of carbonyl (C=O) groups excluding carboxylic acids is 2. The molecule has 1 aliphatic rings. The lowest BCUT2D eigenvalue weighted by molar-refractivity contribution is -0.150. The van der Waals surface area contributed by atoms with Gasteiger partial charge in [-0.1, -0.05) is 6.92 Å². The second-order valence-corrected chi connectivity index (χ2v) is 3.42. The second-order valence-electron chi connectivity index (χ2n) is 3.42. The molecule has 86 valence electrons. The summed E-state index contributed by atoms with van der Waals surface area (Å²) in [5.41, 5.74) is 0. The van der Waals surface area contributed by atoms with Crippen molar-refractivity contribution in [2.45, 2.75) is 26.3 Å². The van der Waals surface area contributed by atoms with Gasteiger partial charge in [0.1, 0.15) is 0 Å². The predicted octanol–water partition coefficient (Wildman–Crippen LogP) is -0.240. The molecule has 1 atom stereocenters. The topological polar surface area (TPSA) is 58.6 Å². The predicted molar refractivity (Wildman–Crippen MR) is 55.3 cm³/mol. The molecule has 0 aromatic rings. The maximum absolute atomic E-state index is 11.7. The van der Waals surface area contributed by atoms with Crippen LogP contribution < -0.4 is 5.32 Å². The highest BCUT2D eigenvalue weighted by molar-refractivity contribution is 6.01. The molecule has 2 amide bonds. The molecule has 1 rings (SSSR count). The quantitative estimate of drug-likeness (QED) is 0.507. The Morgan fingerprint density at radius 3 is 2.80 bits per heavy atom. The van der Waals surface area contributed by atoms with Crippen LogP contribution in [0.3, 0.4) is 0 Å². The van der Waals surface area contributed by atoms with Crippen LogP contribution in [0.2, 0.25) is 0 Å². The summed E-state index contributed by atoms with van der Waals surface area (Å²) in [5.74, 6) is -0.294. The van der Waals surface area contributed by atoms with Gasteiger partial charge in [-0.2, -0.15) is 0 Å². The molecule has 0 radical (unpaired) electrons. The van der Waals surface area contributed by atoms with Gasteiger partial charge < -0.3 is 4.74 Å². The van der Waals surface area contributed by atoms with Crippen molar-refractivity contribution in [2.75, 3.05) is 26.3 Å². The molecule has 1 heterocycles. The molecule has 1 saturated heterocycles. The lowest BCUT2D eigenvalue weighted by Gasteiger charge is -2.30. The maximum atomic E-state index is 11.7. The van der Waals surface area contributed by atoms with Gasteiger partial charge in [0.2, 0.25) is 11.8 Å². The molecule has 1 N–H and O–H groups in total. The number of nitrogens with zero attached hydrogens (tertiary/aromatic N) is 1. The molecule has 5 heteroatoms. The van der Waals surface area contributed by atoms with Gasteiger partial charge in [0.25, 0.3) is 0 Å². The molecule has 1 unspecified atom stereocenters. The van der Waals surface area contributed by atoms with Crippen LogP contribution in [0.25, 0.3) is 0 Å². The number of piperazine rings is 1. The molecule has 0 aromatic heterocycles. The number of hydrogen-bond donors (Lipinski definition) is 1. The summed E-state index contributed by atoms with van der Waals surface area (Å²) in [6.07, 6.45) is 0.706. The Kier molecular flexibility index (Phi) is 4.71. The zero-order chi connectivity index (χ0) is 11.3. The van der Waals surface area contributed by atoms with Crippen molar-refractivity contribution in [1.29, 1.82) is 0 Å². The number of hydrogen-bond acceptors (Lipinski definition) is 4. The third kappa shape index (κ3) is 3.00. The highest BCUT2D eigenvalue weighted by Gasteiger charge is 2.32. The first-order valence-electron chi connectivity index (χ1n) is 5.36. The van der Waals surface area contributed by atoms with E-state index in [4.69, 9.17) is 4.74 Å². The van der Waals surface area contributed by atoms with Crippen LogP contribution in [0.5, 0.6) is 0 Å². The van der Waals surface area contributed by atoms with Crippen LogP contribution in [-0.2, 0) is 14.3 Å². The Bertz CT molecular complexity index is 243. The highest BCUT2D eigenvalue weighted by atomic mass is 16.5. The maximum Gasteiger partial charge on any atom is 0.246 e. The Morgan fingerprint density at radius 1 is 1.47 bits per heavy atom. The van der Waals surface area contributed by atoms with Gasteiger partial charge in [-0.15, -0.1) is 0 Å². The molecule has 5 nitrogen and oxygen atoms in total. The number of amides is 2. The minimum absolute atomic E-state index is 0.131. The average molecular weight is 214 g/mol. The van der Waals surface area contributed by atoms with Crippen molar-refractivity contribution >= 4 is 11.8 Å². The molecule has 15 heavy (non-hydrogen) atoms. The van der Waals surface area contributed by atoms with Gasteiger partial charge >= 0.3 is 0 Å². The number of carbonyl (C=O) groups is 2. The van der Waals surface area contributed by atoms with Crippen molar-refractivity contribution in [2.24, 2.45) is 0 Å². The molecule has 1 aliphatic heterocycles. The standard InChI is InChI=1S/C10H18N2O3/c1-3-8-10(14)12(5-6-15-4-2)9(13)7-11-8/h8,11H,3-7H2,1-2H3. The summed E-state index contributed by atoms with van der Waals surface area (Å²) in [6.45, 7) is 5.44. The normalized spacial score (nSPS) is 22.3. The van der Waals surface area contributed by atoms with Crippen molar-refractivity contribution in [3.63, 3.8) is 0 Å². The molecular weight excluding hydrogens is 196 g/mol. The van der Waals surface area contributed by atoms with E-state index >= 15 is 0 Å². The Balaban J connectivity index is 2.50. The van der Waals surface area contributed by atoms with E-state index in [1.807, 2.05) is 13.8 Å². The fraction of sp³-hybridized carbons (Fsp3) is 0.800. The summed E-state index contributed by atoms with van der Waals surface area (Å²) in [7, 11) is 0. The molecular formula is C10H18N2O3. The lowest BCUT2D eigenvalue weighted by atomic mass is 10.1. The summed E-state index contributed by atoms with van der Waals surface area (Å²) in [5, 5.41) is 2.91. The van der Waals surface area contributed by atoms with Gasteiger partial charge in [0.05, 0.1) is 25.7 Å². The van der Waals surface area contributed by atoms with Crippen molar-refractivity contribution < 1.29 is 14.3 Å². The van der Waals surface area contributed by atoms with Gasteiger partial charge in [-0.25, -0.2) is 0 Å². The third-order valence-corrected chi connectivity index (χ3v) is 2.44. The summed E-state index contributed by atoms with van der Waals surface area (Å²) < 4.78 is 5.14. The molecule has 0 spiro atoms. The first kappa shape index (κ1) is 12.1. The summed E-state index contributed by atoms with van der Waals surface area (Å²) in [4.78, 5) is 24.5. The van der Waals surface area contributed by atoms with Gasteiger partial charge in [-0.05, 0) is 13.3 Å². The number of rotatable bonds is 5. The molecule has 0 saturated carbocycles. The van der Waals surface area contributed by atoms with Crippen LogP contribution in [0.4, 0.5) is 0 Å². The molecule has 0 bridgehead atoms. The fourth-order valence-corrected chi connectivity index (χ4v) is 1.56. The zero-order valence-corrected chi connectivity index (χ0v) is 9.28. The molecule has 0 aliphatic carbocycles. The Labute approximate surface area is 89.8 Å². The van der Waals surface area contributed by atoms with E-state index in [0.29, 0.717) is 26.2 Å². The zero-order valence-electron chi connectivity index (χ0n) is 9.28. The first-order valence-corrected chi connectivity index (χ1v) is 5.36. The fourth-order valence-electron chi connectivity index (χ4n) is 1.56. The minimum atomic E-state index is -0.218. The van der Waals surface area contributed by atoms with Crippen LogP contribution in [-0.4, -0.2) is 49.1 Å². The van der Waals surface area contributed by atoms with E-state index in [2.05, 4.69) is 5.32 Å². The van der Waals surface area contributed by atoms with E-state index in [0.717, 1.165) is 0 Å². The average Bonchev–Trinajstić information content (AvgIpc) is 2.23. The molecule has 0 aromatic carbocycles. The highest BCUT2D eigenvalue weighted by Crippen LogP contribution is 2.05. The third-order valence-electron chi connectivity index (χ3n) is 2.44. The van der Waals surface area contributed by atoms with E-state index in [-0.39, 0.29) is 24.4 Å². The van der Waals surface area contributed by atoms with Crippen molar-refractivity contribution in [3.05, 3.63) is 0 Å². The summed E-state index contributed by atoms with van der Waals surface area (Å²) >= 11 is 0. The Morgan fingerprint density at radius 2 is 2.20 bits per heavy atom. The van der Waals surface area contributed by atoms with E-state index in [9.17, 15) is 9.59 Å². The largest absolute Gasteiger partial charge is 0.380 e. The van der Waals surface area contributed by atoms with Crippen LogP contribution in [0.1, 0.15) is 20.3 Å². The van der Waals surface area contributed by atoms with Crippen LogP contribution >= 0.6 is 0 Å². The lowest BCUT2D eigenvalue weighted by Crippen LogP contribution is -2.58. The van der Waals surface area contributed by atoms with Crippen LogP contribution in [0.15, 0.2) is 0 Å². The number of imide groups is 1. The smallest absolute Gasteiger partial charge is 0.246 e. The number of nitrogens with one attached hydrogen (secondary N) is 1. The van der Waals surface area contributed by atoms with E-state index in [1.54, 1.807) is 0 Å². The Hall–Kier alpha value is -0.940. The van der Waals surface area contributed by atoms with Crippen LogP contribution in [0, 0.1) is 0 Å². The van der Waals surface area contributed by atoms with Crippen molar-refractivity contribution in [3.8, 4) is 0 Å². The SMILES string of the molecule is CCOCCN1C(=O)CNC(CC)C1=O. The monoisotopic (exact) mass is 214 g/mol. The number of ether oxygens (including phenoxy) is 1. The van der Waals surface area contributed by atoms with Crippen molar-refractivity contribution in [1.82, 2.24) is 10.2 Å². The van der Waals surface area contributed by atoms with E-state index in [1.165, 1.54) is 4.90 Å². The molecule has 1 fully saturated rings. The first-order chi connectivity index (χ1) is 7.20. The minimum Gasteiger partial charge on any atom is -0.380 e. The summed E-state index contributed by atoms with van der Waals surface area (Å²) in [6, 6.07) is -0.218. The second kappa shape index (κ2) is 5.82. The van der Waals surface area contributed by atoms with E-state index < -0.39 is 0 Å². The van der Waals surface area contributed by atoms with Gasteiger partial charge in [0.15, 0.2) is 0 Å².